The van der Waals surface area contributed by atoms with Gasteiger partial charge in [0, 0.05) is 11.6 Å². The molecule has 0 amide bonds. The lowest BCUT2D eigenvalue weighted by atomic mass is 10.1. The molecule has 0 saturated heterocycles. The topological polar surface area (TPSA) is 71.9 Å². The Hall–Kier alpha value is -2.07. The number of rotatable bonds is 4. The molecule has 21 heavy (non-hydrogen) atoms. The molecule has 0 aliphatic carbocycles. The fourth-order valence-electron chi connectivity index (χ4n) is 2.20. The largest absolute Gasteiger partial charge is 0.384 e. The molecule has 4 nitrogen and oxygen atoms in total. The normalized spacial score (nSPS) is 10.9. The van der Waals surface area contributed by atoms with Crippen LogP contribution in [0.5, 0.6) is 0 Å². The standard InChI is InChI=1S/C16H18ClN3O/c1-10(2)9-20-14(11-3-5-12(17)6-4-11)8-7-13(15(18)19)16(20)21/h3-8,10H,9H2,1-2H3,(H3,18,19). The lowest BCUT2D eigenvalue weighted by Crippen LogP contribution is -2.31. The molecule has 1 heterocycles. The minimum atomic E-state index is -0.233. The third-order valence-electron chi connectivity index (χ3n) is 3.15. The zero-order valence-electron chi connectivity index (χ0n) is 12.1. The Morgan fingerprint density at radius 2 is 1.86 bits per heavy atom. The van der Waals surface area contributed by atoms with E-state index >= 15 is 0 Å². The summed E-state index contributed by atoms with van der Waals surface area (Å²) in [5, 5.41) is 8.16. The Bertz CT molecular complexity index is 717. The van der Waals surface area contributed by atoms with E-state index in [1.54, 1.807) is 22.8 Å². The van der Waals surface area contributed by atoms with E-state index in [2.05, 4.69) is 0 Å². The molecule has 0 spiro atoms. The molecular weight excluding hydrogens is 286 g/mol. The van der Waals surface area contributed by atoms with Crippen LogP contribution in [0.3, 0.4) is 0 Å². The Kier molecular flexibility index (Phi) is 4.48. The lowest BCUT2D eigenvalue weighted by molar-refractivity contribution is 0.514. The number of amidine groups is 1. The van der Waals surface area contributed by atoms with Gasteiger partial charge in [0.1, 0.15) is 5.84 Å². The molecule has 0 saturated carbocycles. The quantitative estimate of drug-likeness (QED) is 0.673. The van der Waals surface area contributed by atoms with Crippen LogP contribution in [0.4, 0.5) is 0 Å². The lowest BCUT2D eigenvalue weighted by Gasteiger charge is -2.16. The van der Waals surface area contributed by atoms with Crippen LogP contribution in [0.2, 0.25) is 5.02 Å². The van der Waals surface area contributed by atoms with Crippen molar-refractivity contribution in [3.63, 3.8) is 0 Å². The van der Waals surface area contributed by atoms with Crippen molar-refractivity contribution in [3.05, 3.63) is 57.3 Å². The van der Waals surface area contributed by atoms with Crippen molar-refractivity contribution in [1.82, 2.24) is 4.57 Å². The molecule has 0 fully saturated rings. The van der Waals surface area contributed by atoms with E-state index in [-0.39, 0.29) is 17.0 Å². The number of nitrogens with two attached hydrogens (primary N) is 1. The van der Waals surface area contributed by atoms with Gasteiger partial charge in [0.05, 0.1) is 11.3 Å². The van der Waals surface area contributed by atoms with E-state index in [0.717, 1.165) is 11.3 Å². The van der Waals surface area contributed by atoms with Crippen molar-refractivity contribution in [2.45, 2.75) is 20.4 Å². The predicted molar refractivity (Wildman–Crippen MR) is 87.0 cm³/mol. The number of aromatic nitrogens is 1. The molecule has 0 aliphatic heterocycles. The molecule has 1 aromatic carbocycles. The average molecular weight is 304 g/mol. The molecule has 110 valence electrons. The molecular formula is C16H18ClN3O. The maximum Gasteiger partial charge on any atom is 0.262 e. The fraction of sp³-hybridized carbons (Fsp3) is 0.250. The summed E-state index contributed by atoms with van der Waals surface area (Å²) in [6.45, 7) is 4.65. The summed E-state index contributed by atoms with van der Waals surface area (Å²) in [6.07, 6.45) is 0. The summed E-state index contributed by atoms with van der Waals surface area (Å²) >= 11 is 5.91. The van der Waals surface area contributed by atoms with Gasteiger partial charge in [0.15, 0.2) is 0 Å². The third-order valence-corrected chi connectivity index (χ3v) is 3.40. The Labute approximate surface area is 128 Å². The van der Waals surface area contributed by atoms with Crippen molar-refractivity contribution < 1.29 is 0 Å². The zero-order valence-corrected chi connectivity index (χ0v) is 12.8. The van der Waals surface area contributed by atoms with Crippen molar-refractivity contribution >= 4 is 17.4 Å². The van der Waals surface area contributed by atoms with Gasteiger partial charge in [-0.3, -0.25) is 10.2 Å². The highest BCUT2D eigenvalue weighted by molar-refractivity contribution is 6.30. The van der Waals surface area contributed by atoms with E-state index in [0.29, 0.717) is 17.5 Å². The first-order valence-corrected chi connectivity index (χ1v) is 7.12. The Morgan fingerprint density at radius 1 is 1.24 bits per heavy atom. The van der Waals surface area contributed by atoms with Crippen LogP contribution in [0.15, 0.2) is 41.2 Å². The van der Waals surface area contributed by atoms with Crippen molar-refractivity contribution in [2.75, 3.05) is 0 Å². The highest BCUT2D eigenvalue weighted by atomic mass is 35.5. The molecule has 0 unspecified atom stereocenters. The van der Waals surface area contributed by atoms with Crippen LogP contribution in [0.25, 0.3) is 11.3 Å². The van der Waals surface area contributed by atoms with E-state index in [1.807, 2.05) is 32.0 Å². The zero-order chi connectivity index (χ0) is 15.6. The highest BCUT2D eigenvalue weighted by Gasteiger charge is 2.13. The number of benzene rings is 1. The number of hydrogen-bond donors (Lipinski definition) is 2. The Morgan fingerprint density at radius 3 is 2.38 bits per heavy atom. The van der Waals surface area contributed by atoms with Gasteiger partial charge in [-0.2, -0.15) is 0 Å². The molecule has 0 radical (unpaired) electrons. The summed E-state index contributed by atoms with van der Waals surface area (Å²) in [4.78, 5) is 12.5. The van der Waals surface area contributed by atoms with Crippen LogP contribution in [0, 0.1) is 11.3 Å². The van der Waals surface area contributed by atoms with Gasteiger partial charge >= 0.3 is 0 Å². The molecule has 2 rings (SSSR count). The van der Waals surface area contributed by atoms with Gasteiger partial charge in [-0.1, -0.05) is 37.6 Å². The van der Waals surface area contributed by atoms with Gasteiger partial charge in [0.2, 0.25) is 0 Å². The van der Waals surface area contributed by atoms with E-state index in [4.69, 9.17) is 22.7 Å². The third kappa shape index (κ3) is 3.34. The van der Waals surface area contributed by atoms with Gasteiger partial charge in [0.25, 0.3) is 5.56 Å². The number of halogens is 1. The average Bonchev–Trinajstić information content (AvgIpc) is 2.41. The predicted octanol–water partition coefficient (Wildman–Crippen LogP) is 3.11. The molecule has 1 aromatic heterocycles. The van der Waals surface area contributed by atoms with Crippen LogP contribution in [-0.2, 0) is 6.54 Å². The van der Waals surface area contributed by atoms with Crippen molar-refractivity contribution in [2.24, 2.45) is 11.7 Å². The Balaban J connectivity index is 2.65. The maximum absolute atomic E-state index is 12.5. The van der Waals surface area contributed by atoms with Crippen LogP contribution in [0.1, 0.15) is 19.4 Å². The number of nitrogens with one attached hydrogen (secondary N) is 1. The van der Waals surface area contributed by atoms with Gasteiger partial charge in [-0.15, -0.1) is 0 Å². The molecule has 0 aliphatic rings. The summed E-state index contributed by atoms with van der Waals surface area (Å²) in [5.74, 6) is 0.0936. The van der Waals surface area contributed by atoms with E-state index < -0.39 is 0 Å². The molecule has 2 aromatic rings. The summed E-state index contributed by atoms with van der Waals surface area (Å²) < 4.78 is 1.67. The minimum Gasteiger partial charge on any atom is -0.384 e. The monoisotopic (exact) mass is 303 g/mol. The summed E-state index contributed by atoms with van der Waals surface area (Å²) in [5.41, 5.74) is 7.18. The van der Waals surface area contributed by atoms with Crippen LogP contribution >= 0.6 is 11.6 Å². The smallest absolute Gasteiger partial charge is 0.262 e. The number of pyridine rings is 1. The molecule has 0 atom stereocenters. The van der Waals surface area contributed by atoms with E-state index in [1.165, 1.54) is 0 Å². The van der Waals surface area contributed by atoms with Gasteiger partial charge in [-0.25, -0.2) is 0 Å². The number of nitrogens with zero attached hydrogens (tertiary/aromatic N) is 1. The van der Waals surface area contributed by atoms with E-state index in [9.17, 15) is 4.79 Å². The molecule has 0 bridgehead atoms. The van der Waals surface area contributed by atoms with Crippen LogP contribution in [-0.4, -0.2) is 10.4 Å². The maximum atomic E-state index is 12.5. The SMILES string of the molecule is CC(C)Cn1c(-c2ccc(Cl)cc2)ccc(C(=N)N)c1=O. The molecule has 5 heteroatoms. The minimum absolute atomic E-state index is 0.208. The fourth-order valence-corrected chi connectivity index (χ4v) is 2.33. The number of hydrogen-bond acceptors (Lipinski definition) is 2. The second-order valence-electron chi connectivity index (χ2n) is 5.36. The molecule has 3 N–H and O–H groups in total. The first-order valence-electron chi connectivity index (χ1n) is 6.74. The van der Waals surface area contributed by atoms with Crippen molar-refractivity contribution in [1.29, 1.82) is 5.41 Å². The second-order valence-corrected chi connectivity index (χ2v) is 5.80. The highest BCUT2D eigenvalue weighted by Crippen LogP contribution is 2.21. The van der Waals surface area contributed by atoms with Gasteiger partial charge in [-0.05, 0) is 35.7 Å². The second kappa shape index (κ2) is 6.14. The summed E-state index contributed by atoms with van der Waals surface area (Å²) in [6, 6.07) is 10.8. The van der Waals surface area contributed by atoms with Crippen LogP contribution < -0.4 is 11.3 Å². The first-order chi connectivity index (χ1) is 9.90. The number of nitrogen functional groups attached to an aromatic ring is 1. The summed E-state index contributed by atoms with van der Waals surface area (Å²) in [7, 11) is 0. The van der Waals surface area contributed by atoms with Gasteiger partial charge < -0.3 is 10.3 Å². The first kappa shape index (κ1) is 15.3. The van der Waals surface area contributed by atoms with Crippen molar-refractivity contribution in [3.8, 4) is 11.3 Å².